The molecule has 2 aromatic carbocycles. The van der Waals surface area contributed by atoms with Crippen molar-refractivity contribution in [2.24, 2.45) is 10.9 Å². The van der Waals surface area contributed by atoms with E-state index in [0.29, 0.717) is 17.9 Å². The highest BCUT2D eigenvalue weighted by Crippen LogP contribution is 2.21. The summed E-state index contributed by atoms with van der Waals surface area (Å²) in [6.45, 7) is 4.10. The maximum Gasteiger partial charge on any atom is 0.170 e. The van der Waals surface area contributed by atoms with E-state index >= 15 is 0 Å². The predicted octanol–water partition coefficient (Wildman–Crippen LogP) is 3.12. The van der Waals surface area contributed by atoms with Gasteiger partial charge in [-0.3, -0.25) is 0 Å². The lowest BCUT2D eigenvalue weighted by Crippen LogP contribution is -2.13. The van der Waals surface area contributed by atoms with E-state index in [2.05, 4.69) is 5.16 Å². The Balaban J connectivity index is 2.15. The first-order valence-electron chi connectivity index (χ1n) is 6.47. The number of hydrogen-bond donors (Lipinski definition) is 2. The van der Waals surface area contributed by atoms with Crippen molar-refractivity contribution >= 4 is 5.84 Å². The van der Waals surface area contributed by atoms with Gasteiger partial charge in [-0.2, -0.15) is 0 Å². The van der Waals surface area contributed by atoms with Crippen LogP contribution in [-0.2, 0) is 6.61 Å². The van der Waals surface area contributed by atoms with Crippen LogP contribution >= 0.6 is 0 Å². The van der Waals surface area contributed by atoms with Gasteiger partial charge in [0.15, 0.2) is 5.84 Å². The smallest absolute Gasteiger partial charge is 0.170 e. The van der Waals surface area contributed by atoms with Crippen LogP contribution < -0.4 is 10.5 Å². The van der Waals surface area contributed by atoms with Crippen LogP contribution in [0.2, 0.25) is 0 Å². The molecule has 0 aromatic heterocycles. The Morgan fingerprint density at radius 2 is 1.95 bits per heavy atom. The van der Waals surface area contributed by atoms with E-state index in [1.165, 1.54) is 12.1 Å². The van der Waals surface area contributed by atoms with Crippen molar-refractivity contribution in [3.05, 3.63) is 64.5 Å². The average molecular weight is 288 g/mol. The van der Waals surface area contributed by atoms with E-state index in [9.17, 15) is 4.39 Å². The van der Waals surface area contributed by atoms with Crippen molar-refractivity contribution in [2.45, 2.75) is 20.5 Å². The van der Waals surface area contributed by atoms with E-state index in [4.69, 9.17) is 15.7 Å². The second kappa shape index (κ2) is 6.26. The normalized spacial score (nSPS) is 11.5. The molecular weight excluding hydrogens is 271 g/mol. The Bertz CT molecular complexity index is 684. The second-order valence-electron chi connectivity index (χ2n) is 4.82. The van der Waals surface area contributed by atoms with Crippen molar-refractivity contribution in [1.29, 1.82) is 0 Å². The predicted molar refractivity (Wildman–Crippen MR) is 79.2 cm³/mol. The Hall–Kier alpha value is -2.56. The van der Waals surface area contributed by atoms with E-state index in [0.717, 1.165) is 16.7 Å². The number of nitrogens with two attached hydrogens (primary N) is 1. The number of oxime groups is 1. The van der Waals surface area contributed by atoms with Gasteiger partial charge in [0.25, 0.3) is 0 Å². The van der Waals surface area contributed by atoms with Crippen LogP contribution in [0.1, 0.15) is 22.3 Å². The summed E-state index contributed by atoms with van der Waals surface area (Å²) in [5.41, 5.74) is 8.96. The van der Waals surface area contributed by atoms with E-state index < -0.39 is 0 Å². The summed E-state index contributed by atoms with van der Waals surface area (Å²) in [4.78, 5) is 0. The summed E-state index contributed by atoms with van der Waals surface area (Å²) in [6.07, 6.45) is 0. The highest BCUT2D eigenvalue weighted by Gasteiger charge is 2.06. The van der Waals surface area contributed by atoms with Gasteiger partial charge in [-0.15, -0.1) is 0 Å². The first-order valence-corrected chi connectivity index (χ1v) is 6.47. The van der Waals surface area contributed by atoms with Crippen LogP contribution in [0.15, 0.2) is 41.6 Å². The zero-order valence-electron chi connectivity index (χ0n) is 11.9. The van der Waals surface area contributed by atoms with Gasteiger partial charge in [0.05, 0.1) is 0 Å². The number of aryl methyl sites for hydroxylation is 2. The second-order valence-corrected chi connectivity index (χ2v) is 4.82. The zero-order chi connectivity index (χ0) is 15.4. The molecule has 0 saturated heterocycles. The number of rotatable bonds is 4. The maximum atomic E-state index is 13.2. The summed E-state index contributed by atoms with van der Waals surface area (Å²) in [6, 6.07) is 9.86. The fourth-order valence-corrected chi connectivity index (χ4v) is 1.96. The number of nitrogens with zero attached hydrogens (tertiary/aromatic N) is 1. The molecule has 0 radical (unpaired) electrons. The van der Waals surface area contributed by atoms with Gasteiger partial charge >= 0.3 is 0 Å². The van der Waals surface area contributed by atoms with Crippen molar-refractivity contribution < 1.29 is 14.3 Å². The van der Waals surface area contributed by atoms with Gasteiger partial charge in [0.2, 0.25) is 0 Å². The SMILES string of the molecule is Cc1cc(/C(N)=N/O)ccc1COc1cc(F)ccc1C. The molecule has 3 N–H and O–H groups in total. The van der Waals surface area contributed by atoms with Crippen LogP contribution in [0.5, 0.6) is 5.75 Å². The van der Waals surface area contributed by atoms with Gasteiger partial charge in [0.1, 0.15) is 18.2 Å². The van der Waals surface area contributed by atoms with Crippen LogP contribution in [0.4, 0.5) is 4.39 Å². The minimum atomic E-state index is -0.324. The first-order chi connectivity index (χ1) is 10.0. The minimum absolute atomic E-state index is 0.0616. The van der Waals surface area contributed by atoms with E-state index in [-0.39, 0.29) is 11.7 Å². The topological polar surface area (TPSA) is 67.8 Å². The Kier molecular flexibility index (Phi) is 4.42. The number of benzene rings is 2. The largest absolute Gasteiger partial charge is 0.489 e. The monoisotopic (exact) mass is 288 g/mol. The van der Waals surface area contributed by atoms with Gasteiger partial charge in [-0.25, -0.2) is 4.39 Å². The van der Waals surface area contributed by atoms with Crippen LogP contribution in [0, 0.1) is 19.7 Å². The molecule has 4 nitrogen and oxygen atoms in total. The standard InChI is InChI=1S/C16H17FN2O2/c1-10-3-6-14(17)8-15(10)21-9-13-5-4-12(7-11(13)2)16(18)19-20/h3-8,20H,9H2,1-2H3,(H2,18,19). The number of halogens is 1. The minimum Gasteiger partial charge on any atom is -0.489 e. The van der Waals surface area contributed by atoms with E-state index in [1.54, 1.807) is 12.1 Å². The lowest BCUT2D eigenvalue weighted by atomic mass is 10.1. The molecule has 0 amide bonds. The summed E-state index contributed by atoms with van der Waals surface area (Å²) >= 11 is 0. The molecule has 0 bridgehead atoms. The van der Waals surface area contributed by atoms with Crippen molar-refractivity contribution in [3.8, 4) is 5.75 Å². The van der Waals surface area contributed by atoms with Crippen molar-refractivity contribution in [3.63, 3.8) is 0 Å². The summed E-state index contributed by atoms with van der Waals surface area (Å²) < 4.78 is 18.9. The number of amidine groups is 1. The molecule has 0 aliphatic heterocycles. The highest BCUT2D eigenvalue weighted by atomic mass is 19.1. The third-order valence-corrected chi connectivity index (χ3v) is 3.28. The lowest BCUT2D eigenvalue weighted by Gasteiger charge is -2.12. The Labute approximate surface area is 122 Å². The molecule has 0 aliphatic rings. The lowest BCUT2D eigenvalue weighted by molar-refractivity contribution is 0.301. The molecule has 2 rings (SSSR count). The van der Waals surface area contributed by atoms with Crippen LogP contribution in [0.25, 0.3) is 0 Å². The molecule has 0 heterocycles. The molecule has 0 saturated carbocycles. The average Bonchev–Trinajstić information content (AvgIpc) is 2.48. The van der Waals surface area contributed by atoms with Gasteiger partial charge in [0, 0.05) is 11.6 Å². The summed E-state index contributed by atoms with van der Waals surface area (Å²) in [7, 11) is 0. The molecule has 2 aromatic rings. The van der Waals surface area contributed by atoms with Gasteiger partial charge in [-0.05, 0) is 42.7 Å². The fraction of sp³-hybridized carbons (Fsp3) is 0.188. The molecule has 0 atom stereocenters. The maximum absolute atomic E-state index is 13.2. The molecule has 0 unspecified atom stereocenters. The van der Waals surface area contributed by atoms with Crippen molar-refractivity contribution in [1.82, 2.24) is 0 Å². The third kappa shape index (κ3) is 3.51. The van der Waals surface area contributed by atoms with E-state index in [1.807, 2.05) is 26.0 Å². The molecule has 21 heavy (non-hydrogen) atoms. The Morgan fingerprint density at radius 1 is 1.19 bits per heavy atom. The number of hydrogen-bond acceptors (Lipinski definition) is 3. The zero-order valence-corrected chi connectivity index (χ0v) is 11.9. The van der Waals surface area contributed by atoms with Gasteiger partial charge < -0.3 is 15.7 Å². The third-order valence-electron chi connectivity index (χ3n) is 3.28. The summed E-state index contributed by atoms with van der Waals surface area (Å²) in [5, 5.41) is 11.6. The molecule has 110 valence electrons. The first kappa shape index (κ1) is 14.8. The quantitative estimate of drug-likeness (QED) is 0.393. The van der Waals surface area contributed by atoms with Crippen LogP contribution in [-0.4, -0.2) is 11.0 Å². The molecule has 5 heteroatoms. The fourth-order valence-electron chi connectivity index (χ4n) is 1.96. The summed E-state index contributed by atoms with van der Waals surface area (Å²) in [5.74, 6) is 0.260. The van der Waals surface area contributed by atoms with Gasteiger partial charge in [-0.1, -0.05) is 23.4 Å². The Morgan fingerprint density at radius 3 is 2.62 bits per heavy atom. The van der Waals surface area contributed by atoms with Crippen LogP contribution in [0.3, 0.4) is 0 Å². The molecule has 0 aliphatic carbocycles. The number of ether oxygens (including phenoxy) is 1. The highest BCUT2D eigenvalue weighted by molar-refractivity contribution is 5.97. The van der Waals surface area contributed by atoms with Crippen molar-refractivity contribution in [2.75, 3.05) is 0 Å². The molecule has 0 spiro atoms. The molecular formula is C16H17FN2O2. The molecule has 0 fully saturated rings.